The van der Waals surface area contributed by atoms with Crippen molar-refractivity contribution in [3.63, 3.8) is 0 Å². The maximum atomic E-state index is 2.32. The van der Waals surface area contributed by atoms with E-state index < -0.39 is 0 Å². The van der Waals surface area contributed by atoms with E-state index in [0.29, 0.717) is 0 Å². The van der Waals surface area contributed by atoms with Crippen molar-refractivity contribution in [1.82, 2.24) is 0 Å². The number of fused-ring (bicyclic) bond motifs is 6. The molecule has 10 aromatic rings. The summed E-state index contributed by atoms with van der Waals surface area (Å²) in [7, 11) is 0. The Balaban J connectivity index is 0.000000131. The summed E-state index contributed by atoms with van der Waals surface area (Å²) >= 11 is 2.92. The number of benzene rings is 8. The van der Waals surface area contributed by atoms with Gasteiger partial charge in [0.1, 0.15) is 0 Å². The molecule has 320 valence electrons. The van der Waals surface area contributed by atoms with Crippen LogP contribution >= 0.6 is 0 Å². The van der Waals surface area contributed by atoms with Crippen molar-refractivity contribution >= 4 is 60.6 Å². The minimum atomic E-state index is 0. The Labute approximate surface area is 430 Å². The van der Waals surface area contributed by atoms with Crippen LogP contribution in [0.4, 0.5) is 0 Å². The van der Waals surface area contributed by atoms with E-state index in [0.717, 1.165) is 12.8 Å². The molecule has 10 aromatic carbocycles. The van der Waals surface area contributed by atoms with Crippen LogP contribution < -0.4 is 24.8 Å². The fourth-order valence-electron chi connectivity index (χ4n) is 8.57. The topological polar surface area (TPSA) is 0 Å². The van der Waals surface area contributed by atoms with Gasteiger partial charge in [-0.2, -0.15) is 0 Å². The van der Waals surface area contributed by atoms with Gasteiger partial charge in [0.05, 0.1) is 0 Å². The zero-order valence-electron chi connectivity index (χ0n) is 36.4. The number of halogens is 2. The third-order valence-corrected chi connectivity index (χ3v) is 14.6. The summed E-state index contributed by atoms with van der Waals surface area (Å²) in [5, 5.41) is 10.9. The Morgan fingerprint density at radius 3 is 0.955 bits per heavy atom. The van der Waals surface area contributed by atoms with E-state index in [-0.39, 0.29) is 24.8 Å². The zero-order chi connectivity index (χ0) is 43.5. The Morgan fingerprint density at radius 2 is 0.636 bits per heavy atom. The molecule has 2 aliphatic carbocycles. The van der Waals surface area contributed by atoms with E-state index in [9.17, 15) is 0 Å². The Hall–Kier alpha value is -5.45. The van der Waals surface area contributed by atoms with Crippen LogP contribution in [-0.4, -0.2) is 6.41 Å². The molecule has 0 spiro atoms. The summed E-state index contributed by atoms with van der Waals surface area (Å²) in [6.07, 6.45) is 15.3. The van der Waals surface area contributed by atoms with Crippen molar-refractivity contribution in [2.24, 2.45) is 0 Å². The molecule has 0 atom stereocenters. The number of rotatable bonds is 6. The van der Waals surface area contributed by atoms with E-state index in [1.807, 2.05) is 0 Å². The molecule has 0 nitrogen and oxygen atoms in total. The van der Waals surface area contributed by atoms with Crippen LogP contribution in [0.1, 0.15) is 46.2 Å². The van der Waals surface area contributed by atoms with Crippen molar-refractivity contribution in [2.45, 2.75) is 12.8 Å². The number of allylic oxidation sites excluding steroid dienone is 8. The molecule has 0 bridgehead atoms. The van der Waals surface area contributed by atoms with E-state index in [4.69, 9.17) is 0 Å². The van der Waals surface area contributed by atoms with Gasteiger partial charge in [0.2, 0.25) is 0 Å². The van der Waals surface area contributed by atoms with Crippen molar-refractivity contribution in [3.05, 3.63) is 288 Å². The Kier molecular flexibility index (Phi) is 17.5. The summed E-state index contributed by atoms with van der Waals surface area (Å²) in [6.45, 7) is 0. The molecule has 0 aromatic heterocycles. The third-order valence-electron chi connectivity index (χ3n) is 11.8. The SMILES string of the molecule is C1=CCC(c2cccc3c2[cH-]c2ccccc23)=C1.C1=CCC(c2cccc3c2[cH-]c2ccccc23)=C1.[Cl-].[Cl-].[Zr]=[C](c1ccccc1)c1ccccc1.[Zr]=[C](c1ccccc1)c1ccccc1. The molecule has 12 rings (SSSR count). The van der Waals surface area contributed by atoms with Crippen LogP contribution in [0.2, 0.25) is 0 Å². The average molecular weight is 1040 g/mol. The molecule has 0 heterocycles. The first kappa shape index (κ1) is 48.5. The molecule has 0 amide bonds. The van der Waals surface area contributed by atoms with Crippen LogP contribution in [0.5, 0.6) is 0 Å². The van der Waals surface area contributed by atoms with Crippen LogP contribution in [0.15, 0.2) is 255 Å². The molecule has 0 N–H and O–H groups in total. The Bertz CT molecular complexity index is 3020. The van der Waals surface area contributed by atoms with Crippen molar-refractivity contribution in [3.8, 4) is 0 Å². The summed E-state index contributed by atoms with van der Waals surface area (Å²) < 4.78 is 2.83. The van der Waals surface area contributed by atoms with Crippen molar-refractivity contribution in [2.75, 3.05) is 0 Å². The molecule has 2 aliphatic rings. The molecule has 66 heavy (non-hydrogen) atoms. The molecule has 0 unspecified atom stereocenters. The molecule has 4 heteroatoms. The van der Waals surface area contributed by atoms with Gasteiger partial charge >= 0.3 is 198 Å². The normalized spacial score (nSPS) is 12.0. The average Bonchev–Trinajstić information content (AvgIpc) is 4.23. The molecule has 0 saturated heterocycles. The molecule has 0 saturated carbocycles. The van der Waals surface area contributed by atoms with Gasteiger partial charge in [0, 0.05) is 0 Å². The van der Waals surface area contributed by atoms with Crippen LogP contribution in [0, 0.1) is 0 Å². The second-order valence-electron chi connectivity index (χ2n) is 15.9. The summed E-state index contributed by atoms with van der Waals surface area (Å²) in [6, 6.07) is 77.4. The van der Waals surface area contributed by atoms with E-state index >= 15 is 0 Å². The number of hydrogen-bond donors (Lipinski definition) is 0. The summed E-state index contributed by atoms with van der Waals surface area (Å²) in [5.41, 5.74) is 10.9. The monoisotopic (exact) mass is 1040 g/mol. The fourth-order valence-corrected chi connectivity index (χ4v) is 10.2. The van der Waals surface area contributed by atoms with Gasteiger partial charge in [-0.3, -0.25) is 0 Å². The summed E-state index contributed by atoms with van der Waals surface area (Å²) in [5.74, 6) is 0. The van der Waals surface area contributed by atoms with Crippen LogP contribution in [-0.2, 0) is 48.5 Å². The van der Waals surface area contributed by atoms with Gasteiger partial charge in [-0.25, -0.2) is 0 Å². The first-order chi connectivity index (χ1) is 31.6. The second kappa shape index (κ2) is 23.8. The Morgan fingerprint density at radius 1 is 0.333 bits per heavy atom. The van der Waals surface area contributed by atoms with Crippen molar-refractivity contribution in [1.29, 1.82) is 0 Å². The van der Waals surface area contributed by atoms with E-state index in [1.54, 1.807) is 0 Å². The van der Waals surface area contributed by atoms with Gasteiger partial charge in [-0.05, 0) is 12.8 Å². The maximum absolute atomic E-state index is 2.32. The zero-order valence-corrected chi connectivity index (χ0v) is 42.8. The van der Waals surface area contributed by atoms with Gasteiger partial charge in [0.15, 0.2) is 0 Å². The molecular weight excluding hydrogens is 998 g/mol. The second-order valence-corrected chi connectivity index (χ2v) is 18.3. The molecule has 0 radical (unpaired) electrons. The quantitative estimate of drug-likeness (QED) is 0.146. The van der Waals surface area contributed by atoms with Crippen LogP contribution in [0.3, 0.4) is 0 Å². The van der Waals surface area contributed by atoms with Crippen molar-refractivity contribution < 1.29 is 73.3 Å². The molecule has 0 fully saturated rings. The molecule has 0 aliphatic heterocycles. The number of hydrogen-bond acceptors (Lipinski definition) is 0. The van der Waals surface area contributed by atoms with Gasteiger partial charge in [-0.1, -0.05) is 132 Å². The minimum absolute atomic E-state index is 0. The van der Waals surface area contributed by atoms with Crippen LogP contribution in [0.25, 0.3) is 54.2 Å². The first-order valence-electron chi connectivity index (χ1n) is 21.9. The standard InChI is InChI=1S/2C18H13.2C13H10.2ClH.2Zr/c2*1-2-7-13(6-1)15-10-5-11-17-16-9-4-3-8-14(16)12-18(15)17;2*1-3-7-12(8-4-1)11-13-9-5-2-6-10-13;;;;/h2*1-6,8-12H,7H2;2*1-10H;2*1H;;/q2*-1;;;;;;/p-2. The third kappa shape index (κ3) is 11.4. The van der Waals surface area contributed by atoms with Gasteiger partial charge in [0.25, 0.3) is 0 Å². The fraction of sp³-hybridized carbons (Fsp3) is 0.0323. The van der Waals surface area contributed by atoms with Gasteiger partial charge < -0.3 is 24.8 Å². The van der Waals surface area contributed by atoms with E-state index in [2.05, 4.69) is 255 Å². The molecular formula is C62H46Cl2Zr2-4. The van der Waals surface area contributed by atoms with Gasteiger partial charge in [-0.15, -0.1) is 67.4 Å². The van der Waals surface area contributed by atoms with E-state index in [1.165, 1.54) is 142 Å². The predicted molar refractivity (Wildman–Crippen MR) is 270 cm³/mol. The summed E-state index contributed by atoms with van der Waals surface area (Å²) in [4.78, 5) is 0. The predicted octanol–water partition coefficient (Wildman–Crippen LogP) is 9.72. The first-order valence-corrected chi connectivity index (χ1v) is 24.3.